The van der Waals surface area contributed by atoms with Crippen LogP contribution in [0.25, 0.3) is 0 Å². The lowest BCUT2D eigenvalue weighted by Crippen LogP contribution is -2.19. The molecule has 1 aromatic heterocycles. The Hall–Kier alpha value is -1.62. The molecule has 0 fully saturated rings. The van der Waals surface area contributed by atoms with E-state index in [1.807, 2.05) is 19.0 Å². The maximum Gasteiger partial charge on any atom is 0.267 e. The van der Waals surface area contributed by atoms with Gasteiger partial charge >= 0.3 is 0 Å². The van der Waals surface area contributed by atoms with E-state index in [4.69, 9.17) is 10.5 Å². The second-order valence-corrected chi connectivity index (χ2v) is 3.40. The number of hydrogen-bond acceptors (Lipinski definition) is 4. The molecular weight excluding hydrogens is 194 g/mol. The fourth-order valence-corrected chi connectivity index (χ4v) is 0.957. The maximum atomic E-state index is 10.7. The number of primary amides is 1. The zero-order chi connectivity index (χ0) is 11.3. The summed E-state index contributed by atoms with van der Waals surface area (Å²) in [5.74, 6) is 0.108. The minimum Gasteiger partial charge on any atom is -0.491 e. The summed E-state index contributed by atoms with van der Waals surface area (Å²) in [6.07, 6.45) is 1.50. The first-order chi connectivity index (χ1) is 7.09. The fourth-order valence-electron chi connectivity index (χ4n) is 0.957. The van der Waals surface area contributed by atoms with E-state index in [9.17, 15) is 4.79 Å². The van der Waals surface area contributed by atoms with Crippen LogP contribution in [0.15, 0.2) is 18.3 Å². The predicted octanol–water partition coefficient (Wildman–Crippen LogP) is 0.121. The zero-order valence-corrected chi connectivity index (χ0v) is 8.93. The SMILES string of the molecule is CN(C)CCOc1ccc(C(N)=O)nc1. The summed E-state index contributed by atoms with van der Waals surface area (Å²) < 4.78 is 5.40. The van der Waals surface area contributed by atoms with Crippen LogP contribution in [0.4, 0.5) is 0 Å². The summed E-state index contributed by atoms with van der Waals surface area (Å²) in [6.45, 7) is 1.42. The van der Waals surface area contributed by atoms with Crippen molar-refractivity contribution in [2.75, 3.05) is 27.2 Å². The van der Waals surface area contributed by atoms with Gasteiger partial charge in [0.05, 0.1) is 6.20 Å². The van der Waals surface area contributed by atoms with Crippen LogP contribution >= 0.6 is 0 Å². The van der Waals surface area contributed by atoms with Gasteiger partial charge in [0, 0.05) is 6.54 Å². The molecule has 0 spiro atoms. The normalized spacial score (nSPS) is 10.3. The molecule has 0 unspecified atom stereocenters. The average Bonchev–Trinajstić information content (AvgIpc) is 2.18. The van der Waals surface area contributed by atoms with Gasteiger partial charge in [-0.3, -0.25) is 4.79 Å². The molecule has 0 aliphatic carbocycles. The molecule has 0 aliphatic heterocycles. The number of ether oxygens (including phenoxy) is 1. The minimum absolute atomic E-state index is 0.245. The number of aromatic nitrogens is 1. The second kappa shape index (κ2) is 5.31. The molecule has 0 atom stereocenters. The fraction of sp³-hybridized carbons (Fsp3) is 0.400. The van der Waals surface area contributed by atoms with E-state index in [2.05, 4.69) is 4.98 Å². The molecule has 0 aliphatic rings. The molecule has 15 heavy (non-hydrogen) atoms. The third-order valence-electron chi connectivity index (χ3n) is 1.80. The minimum atomic E-state index is -0.533. The van der Waals surface area contributed by atoms with Gasteiger partial charge in [-0.05, 0) is 26.2 Å². The van der Waals surface area contributed by atoms with Crippen molar-refractivity contribution in [3.63, 3.8) is 0 Å². The van der Waals surface area contributed by atoms with Crippen LogP contribution in [-0.4, -0.2) is 43.0 Å². The zero-order valence-electron chi connectivity index (χ0n) is 8.93. The summed E-state index contributed by atoms with van der Waals surface area (Å²) in [5.41, 5.74) is 5.30. The standard InChI is InChI=1S/C10H15N3O2/c1-13(2)5-6-15-8-3-4-9(10(11)14)12-7-8/h3-4,7H,5-6H2,1-2H3,(H2,11,14). The summed E-state index contributed by atoms with van der Waals surface area (Å²) >= 11 is 0. The van der Waals surface area contributed by atoms with Crippen molar-refractivity contribution in [2.24, 2.45) is 5.73 Å². The Balaban J connectivity index is 2.46. The van der Waals surface area contributed by atoms with E-state index in [1.165, 1.54) is 6.20 Å². The summed E-state index contributed by atoms with van der Waals surface area (Å²) in [4.78, 5) is 16.6. The molecule has 82 valence electrons. The molecule has 0 aromatic carbocycles. The van der Waals surface area contributed by atoms with Gasteiger partial charge in [-0.2, -0.15) is 0 Å². The smallest absolute Gasteiger partial charge is 0.267 e. The van der Waals surface area contributed by atoms with Gasteiger partial charge in [0.1, 0.15) is 18.1 Å². The van der Waals surface area contributed by atoms with Crippen molar-refractivity contribution in [3.8, 4) is 5.75 Å². The highest BCUT2D eigenvalue weighted by atomic mass is 16.5. The van der Waals surface area contributed by atoms with Crippen LogP contribution in [0, 0.1) is 0 Å². The lowest BCUT2D eigenvalue weighted by Gasteiger charge is -2.10. The van der Waals surface area contributed by atoms with Gasteiger partial charge in [-0.15, -0.1) is 0 Å². The summed E-state index contributed by atoms with van der Waals surface area (Å²) in [5, 5.41) is 0. The first-order valence-corrected chi connectivity index (χ1v) is 4.63. The first-order valence-electron chi connectivity index (χ1n) is 4.63. The lowest BCUT2D eigenvalue weighted by atomic mass is 10.3. The molecule has 5 heteroatoms. The molecule has 2 N–H and O–H groups in total. The van der Waals surface area contributed by atoms with Crippen LogP contribution in [0.1, 0.15) is 10.5 Å². The number of hydrogen-bond donors (Lipinski definition) is 1. The topological polar surface area (TPSA) is 68.5 Å². The number of nitrogens with zero attached hydrogens (tertiary/aromatic N) is 2. The average molecular weight is 209 g/mol. The Morgan fingerprint density at radius 2 is 2.27 bits per heavy atom. The van der Waals surface area contributed by atoms with Crippen LogP contribution in [0.5, 0.6) is 5.75 Å². The Morgan fingerprint density at radius 1 is 1.53 bits per heavy atom. The van der Waals surface area contributed by atoms with Crippen LogP contribution in [0.3, 0.4) is 0 Å². The van der Waals surface area contributed by atoms with Gasteiger partial charge in [0.25, 0.3) is 5.91 Å². The van der Waals surface area contributed by atoms with E-state index in [1.54, 1.807) is 12.1 Å². The molecule has 5 nitrogen and oxygen atoms in total. The molecule has 1 heterocycles. The maximum absolute atomic E-state index is 10.7. The number of amides is 1. The molecule has 1 amide bonds. The molecular formula is C10H15N3O2. The highest BCUT2D eigenvalue weighted by molar-refractivity contribution is 5.90. The van der Waals surface area contributed by atoms with E-state index >= 15 is 0 Å². The Kier molecular flexibility index (Phi) is 4.05. The third kappa shape index (κ3) is 3.95. The second-order valence-electron chi connectivity index (χ2n) is 3.40. The van der Waals surface area contributed by atoms with Gasteiger partial charge < -0.3 is 15.4 Å². The third-order valence-corrected chi connectivity index (χ3v) is 1.80. The first kappa shape index (κ1) is 11.5. The van der Waals surface area contributed by atoms with Crippen LogP contribution < -0.4 is 10.5 Å². The number of nitrogens with two attached hydrogens (primary N) is 1. The van der Waals surface area contributed by atoms with Crippen LogP contribution in [0.2, 0.25) is 0 Å². The Bertz CT molecular complexity index is 322. The largest absolute Gasteiger partial charge is 0.491 e. The van der Waals surface area contributed by atoms with E-state index in [-0.39, 0.29) is 5.69 Å². The molecule has 1 rings (SSSR count). The highest BCUT2D eigenvalue weighted by Gasteiger charge is 2.01. The number of pyridine rings is 1. The number of rotatable bonds is 5. The number of likely N-dealkylation sites (N-methyl/N-ethyl adjacent to an activating group) is 1. The van der Waals surface area contributed by atoms with E-state index < -0.39 is 5.91 Å². The summed E-state index contributed by atoms with van der Waals surface area (Å²) in [7, 11) is 3.94. The lowest BCUT2D eigenvalue weighted by molar-refractivity contribution is 0.0995. The van der Waals surface area contributed by atoms with Gasteiger partial charge in [-0.25, -0.2) is 4.98 Å². The molecule has 0 saturated heterocycles. The quantitative estimate of drug-likeness (QED) is 0.748. The Morgan fingerprint density at radius 3 is 2.73 bits per heavy atom. The van der Waals surface area contributed by atoms with Crippen LogP contribution in [-0.2, 0) is 0 Å². The van der Waals surface area contributed by atoms with Gasteiger partial charge in [0.2, 0.25) is 0 Å². The molecule has 1 aromatic rings. The predicted molar refractivity (Wildman–Crippen MR) is 56.8 cm³/mol. The van der Waals surface area contributed by atoms with Gasteiger partial charge in [-0.1, -0.05) is 0 Å². The van der Waals surface area contributed by atoms with Crippen molar-refractivity contribution >= 4 is 5.91 Å². The Labute approximate surface area is 88.9 Å². The van der Waals surface area contributed by atoms with Crippen molar-refractivity contribution in [1.82, 2.24) is 9.88 Å². The molecule has 0 bridgehead atoms. The van der Waals surface area contributed by atoms with Gasteiger partial charge in [0.15, 0.2) is 0 Å². The monoisotopic (exact) mass is 209 g/mol. The summed E-state index contributed by atoms with van der Waals surface area (Å²) in [6, 6.07) is 3.23. The van der Waals surface area contributed by atoms with Crippen molar-refractivity contribution in [3.05, 3.63) is 24.0 Å². The molecule has 0 saturated carbocycles. The van der Waals surface area contributed by atoms with Crippen molar-refractivity contribution < 1.29 is 9.53 Å². The highest BCUT2D eigenvalue weighted by Crippen LogP contribution is 2.08. The van der Waals surface area contributed by atoms with E-state index in [0.717, 1.165) is 6.54 Å². The van der Waals surface area contributed by atoms with Crippen molar-refractivity contribution in [1.29, 1.82) is 0 Å². The molecule has 0 radical (unpaired) electrons. The van der Waals surface area contributed by atoms with E-state index in [0.29, 0.717) is 12.4 Å². The van der Waals surface area contributed by atoms with Crippen molar-refractivity contribution in [2.45, 2.75) is 0 Å². The number of carbonyl (C=O) groups excluding carboxylic acids is 1. The number of carbonyl (C=O) groups is 1.